The Kier molecular flexibility index (Phi) is 5.62. The number of ether oxygens (including phenoxy) is 1. The molecule has 0 aliphatic heterocycles. The van der Waals surface area contributed by atoms with Gasteiger partial charge in [-0.1, -0.05) is 23.4 Å². The van der Waals surface area contributed by atoms with E-state index in [1.54, 1.807) is 26.8 Å². The van der Waals surface area contributed by atoms with E-state index in [0.29, 0.717) is 5.56 Å². The number of benzene rings is 1. The molecule has 0 radical (unpaired) electrons. The van der Waals surface area contributed by atoms with Gasteiger partial charge in [-0.25, -0.2) is 9.59 Å². The average molecular weight is 310 g/mol. The highest BCUT2D eigenvalue weighted by molar-refractivity contribution is 6.33. The standard InChI is InChI=1S/C15H16ClNO4/c1-15(2,3)21-14(20)17-8-4-5-10-6-7-11(13(18)19)12(16)9-10/h6-7,9H,8H2,1-3H3,(H,17,20)(H,18,19). The molecular weight excluding hydrogens is 294 g/mol. The molecule has 0 saturated carbocycles. The van der Waals surface area contributed by atoms with E-state index in [4.69, 9.17) is 21.4 Å². The van der Waals surface area contributed by atoms with E-state index in [2.05, 4.69) is 17.2 Å². The van der Waals surface area contributed by atoms with Crippen LogP contribution in [0, 0.1) is 11.8 Å². The predicted molar refractivity (Wildman–Crippen MR) is 79.5 cm³/mol. The highest BCUT2D eigenvalue weighted by atomic mass is 35.5. The van der Waals surface area contributed by atoms with Gasteiger partial charge in [0.1, 0.15) is 5.60 Å². The maximum absolute atomic E-state index is 11.4. The first kappa shape index (κ1) is 16.9. The summed E-state index contributed by atoms with van der Waals surface area (Å²) < 4.78 is 5.05. The van der Waals surface area contributed by atoms with Gasteiger partial charge in [0.2, 0.25) is 0 Å². The van der Waals surface area contributed by atoms with Crippen LogP contribution in [0.5, 0.6) is 0 Å². The van der Waals surface area contributed by atoms with Gasteiger partial charge in [-0.3, -0.25) is 0 Å². The number of nitrogens with one attached hydrogen (secondary N) is 1. The summed E-state index contributed by atoms with van der Waals surface area (Å²) in [7, 11) is 0. The lowest BCUT2D eigenvalue weighted by Crippen LogP contribution is -2.32. The quantitative estimate of drug-likeness (QED) is 0.824. The molecule has 0 saturated heterocycles. The Bertz CT molecular complexity index is 608. The molecule has 21 heavy (non-hydrogen) atoms. The Morgan fingerprint density at radius 1 is 1.38 bits per heavy atom. The minimum atomic E-state index is -1.09. The maximum Gasteiger partial charge on any atom is 0.408 e. The summed E-state index contributed by atoms with van der Waals surface area (Å²) in [5.41, 5.74) is 0.0302. The molecular formula is C15H16ClNO4. The molecule has 1 rings (SSSR count). The van der Waals surface area contributed by atoms with Crippen LogP contribution in [0.4, 0.5) is 4.79 Å². The smallest absolute Gasteiger partial charge is 0.408 e. The molecule has 1 aromatic carbocycles. The SMILES string of the molecule is CC(C)(C)OC(=O)NCC#Cc1ccc(C(=O)O)c(Cl)c1. The Labute approximate surface area is 128 Å². The van der Waals surface area contributed by atoms with Crippen molar-refractivity contribution in [3.05, 3.63) is 34.3 Å². The van der Waals surface area contributed by atoms with Gasteiger partial charge in [0.15, 0.2) is 0 Å². The Balaban J connectivity index is 2.58. The summed E-state index contributed by atoms with van der Waals surface area (Å²) in [5, 5.41) is 11.5. The van der Waals surface area contributed by atoms with Crippen molar-refractivity contribution in [2.45, 2.75) is 26.4 Å². The van der Waals surface area contributed by atoms with Crippen molar-refractivity contribution >= 4 is 23.7 Å². The molecule has 1 amide bonds. The van der Waals surface area contributed by atoms with Crippen LogP contribution in [0.15, 0.2) is 18.2 Å². The third kappa shape index (κ3) is 6.19. The number of amides is 1. The molecule has 0 atom stereocenters. The van der Waals surface area contributed by atoms with Gasteiger partial charge in [0.25, 0.3) is 0 Å². The van der Waals surface area contributed by atoms with Crippen LogP contribution >= 0.6 is 11.6 Å². The lowest BCUT2D eigenvalue weighted by atomic mass is 10.1. The van der Waals surface area contributed by atoms with E-state index in [0.717, 1.165) is 0 Å². The fourth-order valence-electron chi connectivity index (χ4n) is 1.34. The fraction of sp³-hybridized carbons (Fsp3) is 0.333. The second-order valence-corrected chi connectivity index (χ2v) is 5.56. The van der Waals surface area contributed by atoms with Crippen molar-refractivity contribution in [1.82, 2.24) is 5.32 Å². The summed E-state index contributed by atoms with van der Waals surface area (Å²) in [6.45, 7) is 5.42. The molecule has 112 valence electrons. The molecule has 0 aromatic heterocycles. The number of carboxylic acid groups (broad SMARTS) is 1. The van der Waals surface area contributed by atoms with Crippen LogP contribution in [0.3, 0.4) is 0 Å². The van der Waals surface area contributed by atoms with Gasteiger partial charge in [-0.05, 0) is 39.0 Å². The van der Waals surface area contributed by atoms with Crippen molar-refractivity contribution in [1.29, 1.82) is 0 Å². The van der Waals surface area contributed by atoms with Crippen LogP contribution in [0.2, 0.25) is 5.02 Å². The van der Waals surface area contributed by atoms with Gasteiger partial charge < -0.3 is 15.2 Å². The van der Waals surface area contributed by atoms with Crippen molar-refractivity contribution in [2.24, 2.45) is 0 Å². The summed E-state index contributed by atoms with van der Waals surface area (Å²) in [6, 6.07) is 4.40. The largest absolute Gasteiger partial charge is 0.478 e. The molecule has 0 spiro atoms. The third-order valence-electron chi connectivity index (χ3n) is 2.15. The number of carboxylic acids is 1. The second-order valence-electron chi connectivity index (χ2n) is 5.16. The van der Waals surface area contributed by atoms with Gasteiger partial charge >= 0.3 is 12.1 Å². The summed E-state index contributed by atoms with van der Waals surface area (Å²) in [6.07, 6.45) is -0.545. The highest BCUT2D eigenvalue weighted by Gasteiger charge is 2.15. The van der Waals surface area contributed by atoms with Crippen LogP contribution in [0.25, 0.3) is 0 Å². The van der Waals surface area contributed by atoms with Gasteiger partial charge in [-0.2, -0.15) is 0 Å². The Morgan fingerprint density at radius 2 is 2.05 bits per heavy atom. The number of alkyl carbamates (subject to hydrolysis) is 1. The average Bonchev–Trinajstić information content (AvgIpc) is 2.32. The van der Waals surface area contributed by atoms with Crippen LogP contribution in [-0.4, -0.2) is 29.3 Å². The molecule has 0 aliphatic carbocycles. The first-order valence-electron chi connectivity index (χ1n) is 6.17. The zero-order chi connectivity index (χ0) is 16.0. The first-order chi connectivity index (χ1) is 9.69. The predicted octanol–water partition coefficient (Wildman–Crippen LogP) is 2.91. The van der Waals surface area contributed by atoms with Crippen molar-refractivity contribution in [3.8, 4) is 11.8 Å². The second kappa shape index (κ2) is 7.00. The van der Waals surface area contributed by atoms with E-state index < -0.39 is 17.7 Å². The summed E-state index contributed by atoms with van der Waals surface area (Å²) >= 11 is 5.82. The van der Waals surface area contributed by atoms with Crippen molar-refractivity contribution in [3.63, 3.8) is 0 Å². The number of aromatic carboxylic acids is 1. The van der Waals surface area contributed by atoms with Crippen molar-refractivity contribution < 1.29 is 19.4 Å². The van der Waals surface area contributed by atoms with Gasteiger partial charge in [0, 0.05) is 5.56 Å². The zero-order valence-corrected chi connectivity index (χ0v) is 12.7. The van der Waals surface area contributed by atoms with Gasteiger partial charge in [0.05, 0.1) is 17.1 Å². The Hall–Kier alpha value is -2.19. The fourth-order valence-corrected chi connectivity index (χ4v) is 1.60. The van der Waals surface area contributed by atoms with Crippen LogP contribution < -0.4 is 5.32 Å². The first-order valence-corrected chi connectivity index (χ1v) is 6.55. The molecule has 6 heteroatoms. The maximum atomic E-state index is 11.4. The molecule has 5 nitrogen and oxygen atoms in total. The lowest BCUT2D eigenvalue weighted by Gasteiger charge is -2.18. The van der Waals surface area contributed by atoms with E-state index >= 15 is 0 Å². The molecule has 0 heterocycles. The summed E-state index contributed by atoms with van der Waals surface area (Å²) in [4.78, 5) is 22.2. The molecule has 1 aromatic rings. The number of carbonyl (C=O) groups is 2. The topological polar surface area (TPSA) is 75.6 Å². The highest BCUT2D eigenvalue weighted by Crippen LogP contribution is 2.17. The zero-order valence-electron chi connectivity index (χ0n) is 12.0. The van der Waals surface area contributed by atoms with Crippen LogP contribution in [0.1, 0.15) is 36.7 Å². The summed E-state index contributed by atoms with van der Waals surface area (Å²) in [5.74, 6) is 4.41. The van der Waals surface area contributed by atoms with E-state index in [1.807, 2.05) is 0 Å². The molecule has 0 unspecified atom stereocenters. The monoisotopic (exact) mass is 309 g/mol. The molecule has 0 aliphatic rings. The minimum absolute atomic E-state index is 0.0223. The number of hydrogen-bond donors (Lipinski definition) is 2. The van der Waals surface area contributed by atoms with Gasteiger partial charge in [-0.15, -0.1) is 0 Å². The van der Waals surface area contributed by atoms with Crippen LogP contribution in [-0.2, 0) is 4.74 Å². The molecule has 2 N–H and O–H groups in total. The number of halogens is 1. The normalized spacial score (nSPS) is 10.3. The lowest BCUT2D eigenvalue weighted by molar-refractivity contribution is 0.0534. The van der Waals surface area contributed by atoms with E-state index in [9.17, 15) is 9.59 Å². The molecule has 0 bridgehead atoms. The van der Waals surface area contributed by atoms with E-state index in [-0.39, 0.29) is 17.1 Å². The van der Waals surface area contributed by atoms with E-state index in [1.165, 1.54) is 12.1 Å². The molecule has 0 fully saturated rings. The van der Waals surface area contributed by atoms with Crippen molar-refractivity contribution in [2.75, 3.05) is 6.54 Å². The Morgan fingerprint density at radius 3 is 2.57 bits per heavy atom. The number of hydrogen-bond acceptors (Lipinski definition) is 3. The third-order valence-corrected chi connectivity index (χ3v) is 2.46. The number of rotatable bonds is 2. The number of carbonyl (C=O) groups excluding carboxylic acids is 1. The minimum Gasteiger partial charge on any atom is -0.478 e.